The Kier molecular flexibility index (Phi) is 4.88. The van der Waals surface area contributed by atoms with Gasteiger partial charge >= 0.3 is 0 Å². The molecule has 0 bridgehead atoms. The fraction of sp³-hybridized carbons (Fsp3) is 0.542. The Balaban J connectivity index is 1.59. The van der Waals surface area contributed by atoms with Crippen LogP contribution in [0, 0.1) is 13.8 Å². The van der Waals surface area contributed by atoms with E-state index in [0.29, 0.717) is 6.42 Å². The number of carbonyl (C=O) groups is 1. The highest BCUT2D eigenvalue weighted by molar-refractivity contribution is 5.84. The third kappa shape index (κ3) is 3.45. The fourth-order valence-corrected chi connectivity index (χ4v) is 5.36. The molecule has 0 radical (unpaired) electrons. The summed E-state index contributed by atoms with van der Waals surface area (Å²) in [6.45, 7) is 5.93. The van der Waals surface area contributed by atoms with E-state index in [1.54, 1.807) is 0 Å². The summed E-state index contributed by atoms with van der Waals surface area (Å²) in [7, 11) is 0. The third-order valence-electron chi connectivity index (χ3n) is 7.25. The predicted molar refractivity (Wildman–Crippen MR) is 118 cm³/mol. The maximum atomic E-state index is 11.9. The first kappa shape index (κ1) is 20.2. The number of aliphatic hydroxyl groups is 1. The lowest BCUT2D eigenvalue weighted by atomic mass is 9.80. The summed E-state index contributed by atoms with van der Waals surface area (Å²) >= 11 is 0. The molecule has 7 heteroatoms. The van der Waals surface area contributed by atoms with Crippen molar-refractivity contribution in [3.63, 3.8) is 0 Å². The normalized spacial score (nSPS) is 26.5. The summed E-state index contributed by atoms with van der Waals surface area (Å²) in [6.07, 6.45) is 5.51. The van der Waals surface area contributed by atoms with Crippen molar-refractivity contribution in [2.24, 2.45) is 0 Å². The van der Waals surface area contributed by atoms with Crippen molar-refractivity contribution < 1.29 is 14.4 Å². The van der Waals surface area contributed by atoms with Gasteiger partial charge in [-0.1, -0.05) is 18.1 Å². The molecule has 1 atom stereocenters. The smallest absolute Gasteiger partial charge is 0.220 e. The van der Waals surface area contributed by atoms with Crippen molar-refractivity contribution in [1.29, 1.82) is 0 Å². The molecule has 2 aliphatic rings. The lowest BCUT2D eigenvalue weighted by Crippen LogP contribution is -2.34. The second kappa shape index (κ2) is 7.48. The summed E-state index contributed by atoms with van der Waals surface area (Å²) in [5.41, 5.74) is 4.37. The number of amides is 1. The van der Waals surface area contributed by atoms with Gasteiger partial charge in [-0.3, -0.25) is 4.79 Å². The number of carbonyl (C=O) groups excluding carboxylic acids is 1. The van der Waals surface area contributed by atoms with Crippen LogP contribution >= 0.6 is 0 Å². The lowest BCUT2D eigenvalue weighted by Gasteiger charge is -2.37. The minimum Gasteiger partial charge on any atom is -0.390 e. The van der Waals surface area contributed by atoms with E-state index in [4.69, 9.17) is 9.51 Å². The van der Waals surface area contributed by atoms with Gasteiger partial charge in [0, 0.05) is 18.0 Å². The van der Waals surface area contributed by atoms with Gasteiger partial charge in [-0.15, -0.1) is 0 Å². The van der Waals surface area contributed by atoms with E-state index < -0.39 is 5.60 Å². The van der Waals surface area contributed by atoms with Crippen LogP contribution in [0.25, 0.3) is 22.2 Å². The summed E-state index contributed by atoms with van der Waals surface area (Å²) in [5, 5.41) is 17.9. The van der Waals surface area contributed by atoms with Crippen LogP contribution in [-0.2, 0) is 4.79 Å². The average Bonchev–Trinajstić information content (AvgIpc) is 3.45. The lowest BCUT2D eigenvalue weighted by molar-refractivity contribution is -0.119. The van der Waals surface area contributed by atoms with Crippen LogP contribution in [0.15, 0.2) is 22.7 Å². The number of hydrogen-bond acceptors (Lipinski definition) is 5. The van der Waals surface area contributed by atoms with E-state index in [1.807, 2.05) is 13.8 Å². The third-order valence-corrected chi connectivity index (χ3v) is 7.25. The number of nitrogens with one attached hydrogen (secondary N) is 1. The zero-order valence-corrected chi connectivity index (χ0v) is 18.4. The van der Waals surface area contributed by atoms with Crippen LogP contribution in [0.2, 0.25) is 0 Å². The van der Waals surface area contributed by atoms with Crippen molar-refractivity contribution in [3.8, 4) is 11.1 Å². The Morgan fingerprint density at radius 3 is 2.65 bits per heavy atom. The van der Waals surface area contributed by atoms with E-state index in [1.165, 1.54) is 0 Å². The number of hydrogen-bond donors (Lipinski definition) is 2. The molecule has 7 nitrogen and oxygen atoms in total. The zero-order chi connectivity index (χ0) is 21.8. The maximum Gasteiger partial charge on any atom is 0.220 e. The quantitative estimate of drug-likeness (QED) is 0.645. The van der Waals surface area contributed by atoms with Crippen LogP contribution in [0.3, 0.4) is 0 Å². The number of fused-ring (bicyclic) bond motifs is 1. The van der Waals surface area contributed by atoms with Gasteiger partial charge in [0.15, 0.2) is 0 Å². The van der Waals surface area contributed by atoms with Gasteiger partial charge in [0.2, 0.25) is 5.91 Å². The SMILES string of the molecule is CC[C@]1(O)CC[C@@H](n2c([C@@H]3CCC(=O)N3)nc3cc(-c4c(C)noc4C)ccc32)CC1. The first-order valence-electron chi connectivity index (χ1n) is 11.4. The minimum atomic E-state index is -0.550. The van der Waals surface area contributed by atoms with Crippen LogP contribution in [-0.4, -0.2) is 31.3 Å². The molecule has 2 fully saturated rings. The molecule has 2 N–H and O–H groups in total. The number of nitrogens with zero attached hydrogens (tertiary/aromatic N) is 3. The van der Waals surface area contributed by atoms with Gasteiger partial charge in [0.25, 0.3) is 0 Å². The number of aromatic nitrogens is 3. The molecule has 1 aromatic carbocycles. The van der Waals surface area contributed by atoms with Gasteiger partial charge in [-0.05, 0) is 70.1 Å². The Morgan fingerprint density at radius 1 is 1.26 bits per heavy atom. The van der Waals surface area contributed by atoms with E-state index in [-0.39, 0.29) is 18.0 Å². The monoisotopic (exact) mass is 422 g/mol. The van der Waals surface area contributed by atoms with Crippen molar-refractivity contribution in [2.75, 3.05) is 0 Å². The molecular weight excluding hydrogens is 392 g/mol. The standard InChI is InChI=1S/C24H30N4O3/c1-4-24(30)11-9-17(10-12-24)28-20-7-5-16(22-14(2)27-31-15(22)3)13-19(20)26-23(28)18-6-8-21(29)25-18/h5,7,13,17-18,30H,4,6,8-12H2,1-3H3,(H,25,29)/t17-,18-,24+/m0/s1. The summed E-state index contributed by atoms with van der Waals surface area (Å²) in [5.74, 6) is 1.82. The summed E-state index contributed by atoms with van der Waals surface area (Å²) < 4.78 is 7.69. The maximum absolute atomic E-state index is 11.9. The molecule has 164 valence electrons. The first-order chi connectivity index (χ1) is 14.9. The van der Waals surface area contributed by atoms with Gasteiger partial charge < -0.3 is 19.5 Å². The molecule has 5 rings (SSSR count). The second-order valence-corrected chi connectivity index (χ2v) is 9.21. The molecule has 0 spiro atoms. The molecule has 1 aliphatic carbocycles. The molecule has 0 unspecified atom stereocenters. The van der Waals surface area contributed by atoms with E-state index in [9.17, 15) is 9.90 Å². The Labute approximate surface area is 181 Å². The van der Waals surface area contributed by atoms with Crippen LogP contribution in [0.5, 0.6) is 0 Å². The zero-order valence-electron chi connectivity index (χ0n) is 18.4. The van der Waals surface area contributed by atoms with Gasteiger partial charge in [-0.2, -0.15) is 0 Å². The molecule has 2 aromatic heterocycles. The van der Waals surface area contributed by atoms with Crippen molar-refractivity contribution in [3.05, 3.63) is 35.5 Å². The molecule has 3 aromatic rings. The van der Waals surface area contributed by atoms with Crippen LogP contribution < -0.4 is 5.32 Å². The molecular formula is C24H30N4O3. The summed E-state index contributed by atoms with van der Waals surface area (Å²) in [6, 6.07) is 6.55. The Morgan fingerprint density at radius 2 is 2.03 bits per heavy atom. The molecule has 1 saturated heterocycles. The molecule has 1 aliphatic heterocycles. The summed E-state index contributed by atoms with van der Waals surface area (Å²) in [4.78, 5) is 17.0. The van der Waals surface area contributed by atoms with Crippen LogP contribution in [0.1, 0.15) is 81.2 Å². The first-order valence-corrected chi connectivity index (χ1v) is 11.4. The second-order valence-electron chi connectivity index (χ2n) is 9.21. The number of imidazole rings is 1. The van der Waals surface area contributed by atoms with Gasteiger partial charge in [0.05, 0.1) is 28.4 Å². The predicted octanol–water partition coefficient (Wildman–Crippen LogP) is 4.52. The fourth-order valence-electron chi connectivity index (χ4n) is 5.36. The number of benzene rings is 1. The van der Waals surface area contributed by atoms with Crippen molar-refractivity contribution >= 4 is 16.9 Å². The topological polar surface area (TPSA) is 93.2 Å². The minimum absolute atomic E-state index is 0.0607. The van der Waals surface area contributed by atoms with E-state index >= 15 is 0 Å². The van der Waals surface area contributed by atoms with E-state index in [2.05, 4.69) is 40.2 Å². The van der Waals surface area contributed by atoms with Crippen molar-refractivity contribution in [1.82, 2.24) is 20.0 Å². The Hall–Kier alpha value is -2.67. The van der Waals surface area contributed by atoms with Crippen LogP contribution in [0.4, 0.5) is 0 Å². The highest BCUT2D eigenvalue weighted by Crippen LogP contribution is 2.41. The number of aryl methyl sites for hydroxylation is 2. The van der Waals surface area contributed by atoms with Gasteiger partial charge in [-0.25, -0.2) is 4.98 Å². The highest BCUT2D eigenvalue weighted by Gasteiger charge is 2.35. The highest BCUT2D eigenvalue weighted by atomic mass is 16.5. The largest absolute Gasteiger partial charge is 0.390 e. The van der Waals surface area contributed by atoms with Gasteiger partial charge in [0.1, 0.15) is 11.6 Å². The van der Waals surface area contributed by atoms with Crippen molar-refractivity contribution in [2.45, 2.75) is 83.4 Å². The molecule has 31 heavy (non-hydrogen) atoms. The molecule has 1 amide bonds. The van der Waals surface area contributed by atoms with E-state index in [0.717, 1.165) is 78.0 Å². The Bertz CT molecular complexity index is 1120. The average molecular weight is 423 g/mol. The molecule has 3 heterocycles. The number of rotatable bonds is 4. The molecule has 1 saturated carbocycles.